The molecule has 2 aromatic rings. The molecule has 1 amide bonds. The van der Waals surface area contributed by atoms with E-state index < -0.39 is 5.54 Å². The molecular weight excluding hydrogens is 365 g/mol. The quantitative estimate of drug-likeness (QED) is 0.735. The topological polar surface area (TPSA) is 74.8 Å². The number of halogens is 1. The largest absolute Gasteiger partial charge is 0.326 e. The van der Waals surface area contributed by atoms with Gasteiger partial charge >= 0.3 is 0 Å². The lowest BCUT2D eigenvalue weighted by atomic mass is 9.81. The van der Waals surface area contributed by atoms with Crippen molar-refractivity contribution >= 4 is 17.7 Å². The van der Waals surface area contributed by atoms with Crippen molar-refractivity contribution in [2.24, 2.45) is 7.05 Å². The summed E-state index contributed by atoms with van der Waals surface area (Å²) in [5.74, 6) is 0.0908. The molecule has 1 aromatic carbocycles. The molecular formula is C19H22FN5OS. The molecule has 1 aliphatic rings. The van der Waals surface area contributed by atoms with Crippen molar-refractivity contribution in [2.75, 3.05) is 12.8 Å². The fourth-order valence-electron chi connectivity index (χ4n) is 3.44. The summed E-state index contributed by atoms with van der Waals surface area (Å²) in [6.07, 6.45) is 4.48. The van der Waals surface area contributed by atoms with Crippen LogP contribution in [-0.4, -0.2) is 43.9 Å². The van der Waals surface area contributed by atoms with Crippen LogP contribution in [-0.2, 0) is 11.8 Å². The van der Waals surface area contributed by atoms with E-state index in [1.807, 2.05) is 0 Å². The van der Waals surface area contributed by atoms with Crippen LogP contribution >= 0.6 is 11.8 Å². The summed E-state index contributed by atoms with van der Waals surface area (Å²) in [6, 6.07) is 8.74. The fourth-order valence-corrected chi connectivity index (χ4v) is 4.26. The van der Waals surface area contributed by atoms with Crippen LogP contribution in [0, 0.1) is 17.1 Å². The Morgan fingerprint density at radius 2 is 2.04 bits per heavy atom. The van der Waals surface area contributed by atoms with Crippen LogP contribution in [0.2, 0.25) is 0 Å². The normalized spacial score (nSPS) is 15.9. The molecule has 0 bridgehead atoms. The molecule has 1 fully saturated rings. The second-order valence-electron chi connectivity index (χ2n) is 6.79. The number of nitriles is 1. The second-order valence-corrected chi connectivity index (χ2v) is 7.73. The molecule has 1 heterocycles. The van der Waals surface area contributed by atoms with Gasteiger partial charge in [-0.25, -0.2) is 4.39 Å². The lowest BCUT2D eigenvalue weighted by molar-refractivity contribution is -0.131. The van der Waals surface area contributed by atoms with Gasteiger partial charge in [0.2, 0.25) is 5.91 Å². The average Bonchev–Trinajstić information content (AvgIpc) is 3.06. The summed E-state index contributed by atoms with van der Waals surface area (Å²) in [4.78, 5) is 14.2. The number of aromatic nitrogens is 3. The van der Waals surface area contributed by atoms with Crippen LogP contribution in [0.25, 0.3) is 11.4 Å². The maximum atomic E-state index is 14.0. The number of amides is 1. The summed E-state index contributed by atoms with van der Waals surface area (Å²) < 4.78 is 15.7. The van der Waals surface area contributed by atoms with Crippen LogP contribution < -0.4 is 0 Å². The SMILES string of the molecule is CN(C(=O)CSc1nnc(-c2ccccc2F)n1C)C1(C#N)CCCCC1. The minimum Gasteiger partial charge on any atom is -0.326 e. The molecule has 0 saturated heterocycles. The fraction of sp³-hybridized carbons (Fsp3) is 0.474. The predicted molar refractivity (Wildman–Crippen MR) is 101 cm³/mol. The van der Waals surface area contributed by atoms with Gasteiger partial charge in [-0.3, -0.25) is 4.79 Å². The van der Waals surface area contributed by atoms with Crippen molar-refractivity contribution in [3.05, 3.63) is 30.1 Å². The zero-order valence-corrected chi connectivity index (χ0v) is 16.3. The van der Waals surface area contributed by atoms with Gasteiger partial charge in [-0.15, -0.1) is 10.2 Å². The van der Waals surface area contributed by atoms with E-state index in [-0.39, 0.29) is 17.5 Å². The number of carbonyl (C=O) groups excluding carboxylic acids is 1. The zero-order valence-electron chi connectivity index (χ0n) is 15.5. The standard InChI is InChI=1S/C19H22FN5OS/c1-24-17(14-8-4-5-9-15(14)20)22-23-18(24)27-12-16(26)25(2)19(13-21)10-6-3-7-11-19/h4-5,8-9H,3,6-7,10-12H2,1-2H3. The zero-order chi connectivity index (χ0) is 19.4. The Kier molecular flexibility index (Phi) is 5.80. The van der Waals surface area contributed by atoms with Crippen LogP contribution in [0.1, 0.15) is 32.1 Å². The minimum atomic E-state index is -0.700. The second kappa shape index (κ2) is 8.09. The van der Waals surface area contributed by atoms with Gasteiger partial charge in [-0.2, -0.15) is 5.26 Å². The maximum absolute atomic E-state index is 14.0. The molecule has 3 rings (SSSR count). The Morgan fingerprint density at radius 3 is 2.70 bits per heavy atom. The number of hydrogen-bond donors (Lipinski definition) is 0. The van der Waals surface area contributed by atoms with Gasteiger partial charge in [0.15, 0.2) is 11.0 Å². The van der Waals surface area contributed by atoms with Crippen LogP contribution in [0.4, 0.5) is 4.39 Å². The first-order valence-electron chi connectivity index (χ1n) is 8.93. The van der Waals surface area contributed by atoms with Crippen LogP contribution in [0.5, 0.6) is 0 Å². The third-order valence-corrected chi connectivity index (χ3v) is 6.18. The molecule has 0 radical (unpaired) electrons. The first-order chi connectivity index (χ1) is 13.0. The number of rotatable bonds is 5. The third-order valence-electron chi connectivity index (χ3n) is 5.18. The molecule has 0 unspecified atom stereocenters. The van der Waals surface area contributed by atoms with Gasteiger partial charge in [0.25, 0.3) is 0 Å². The van der Waals surface area contributed by atoms with Crippen LogP contribution in [0.15, 0.2) is 29.4 Å². The van der Waals surface area contributed by atoms with E-state index in [1.165, 1.54) is 17.8 Å². The van der Waals surface area contributed by atoms with Crippen molar-refractivity contribution in [1.82, 2.24) is 19.7 Å². The summed E-state index contributed by atoms with van der Waals surface area (Å²) in [5.41, 5.74) is -0.331. The van der Waals surface area contributed by atoms with Gasteiger partial charge < -0.3 is 9.47 Å². The molecule has 142 valence electrons. The average molecular weight is 387 g/mol. The Morgan fingerprint density at radius 1 is 1.33 bits per heavy atom. The Labute approximate surface area is 162 Å². The number of nitrogens with zero attached hydrogens (tertiary/aromatic N) is 5. The third kappa shape index (κ3) is 3.83. The number of thioether (sulfide) groups is 1. The van der Waals surface area contributed by atoms with Crippen molar-refractivity contribution in [1.29, 1.82) is 5.26 Å². The lowest BCUT2D eigenvalue weighted by Gasteiger charge is -2.39. The van der Waals surface area contributed by atoms with E-state index in [1.54, 1.807) is 41.8 Å². The molecule has 0 atom stereocenters. The molecule has 27 heavy (non-hydrogen) atoms. The van der Waals surface area contributed by atoms with Crippen molar-refractivity contribution in [3.63, 3.8) is 0 Å². The molecule has 1 saturated carbocycles. The molecule has 0 N–H and O–H groups in total. The highest BCUT2D eigenvalue weighted by Gasteiger charge is 2.38. The summed E-state index contributed by atoms with van der Waals surface area (Å²) in [7, 11) is 3.45. The van der Waals surface area contributed by atoms with E-state index in [0.29, 0.717) is 16.5 Å². The van der Waals surface area contributed by atoms with Crippen molar-refractivity contribution < 1.29 is 9.18 Å². The lowest BCUT2D eigenvalue weighted by Crippen LogP contribution is -2.50. The minimum absolute atomic E-state index is 0.112. The molecule has 8 heteroatoms. The molecule has 1 aliphatic carbocycles. The van der Waals surface area contributed by atoms with Gasteiger partial charge in [0.1, 0.15) is 11.4 Å². The number of benzene rings is 1. The van der Waals surface area contributed by atoms with E-state index >= 15 is 0 Å². The molecule has 1 aromatic heterocycles. The Bertz CT molecular complexity index is 869. The molecule has 0 aliphatic heterocycles. The number of carbonyl (C=O) groups is 1. The van der Waals surface area contributed by atoms with Crippen molar-refractivity contribution in [3.8, 4) is 17.5 Å². The maximum Gasteiger partial charge on any atom is 0.234 e. The molecule has 6 nitrogen and oxygen atoms in total. The number of hydrogen-bond acceptors (Lipinski definition) is 5. The van der Waals surface area contributed by atoms with E-state index in [4.69, 9.17) is 0 Å². The van der Waals surface area contributed by atoms with Crippen LogP contribution in [0.3, 0.4) is 0 Å². The van der Waals surface area contributed by atoms with Crippen molar-refractivity contribution in [2.45, 2.75) is 42.8 Å². The van der Waals surface area contributed by atoms with Gasteiger partial charge in [0.05, 0.1) is 17.4 Å². The monoisotopic (exact) mass is 387 g/mol. The van der Waals surface area contributed by atoms with Gasteiger partial charge in [-0.05, 0) is 25.0 Å². The smallest absolute Gasteiger partial charge is 0.234 e. The first-order valence-corrected chi connectivity index (χ1v) is 9.92. The summed E-state index contributed by atoms with van der Waals surface area (Å²) >= 11 is 1.24. The Balaban J connectivity index is 1.69. The highest BCUT2D eigenvalue weighted by molar-refractivity contribution is 7.99. The van der Waals surface area contributed by atoms with E-state index in [0.717, 1.165) is 32.1 Å². The van der Waals surface area contributed by atoms with Gasteiger partial charge in [-0.1, -0.05) is 43.2 Å². The van der Waals surface area contributed by atoms with Gasteiger partial charge in [0, 0.05) is 14.1 Å². The summed E-state index contributed by atoms with van der Waals surface area (Å²) in [5, 5.41) is 18.3. The highest BCUT2D eigenvalue weighted by atomic mass is 32.2. The summed E-state index contributed by atoms with van der Waals surface area (Å²) in [6.45, 7) is 0. The van der Waals surface area contributed by atoms with E-state index in [2.05, 4.69) is 16.3 Å². The Hall–Kier alpha value is -2.40. The molecule has 0 spiro atoms. The van der Waals surface area contributed by atoms with E-state index in [9.17, 15) is 14.4 Å². The highest BCUT2D eigenvalue weighted by Crippen LogP contribution is 2.33. The first kappa shape index (κ1) is 19.4. The predicted octanol–water partition coefficient (Wildman–Crippen LogP) is 3.40.